The summed E-state index contributed by atoms with van der Waals surface area (Å²) in [7, 11) is 0. The highest BCUT2D eigenvalue weighted by Crippen LogP contribution is 2.22. The first-order valence-corrected chi connectivity index (χ1v) is 9.44. The summed E-state index contributed by atoms with van der Waals surface area (Å²) < 4.78 is 10.9. The topological polar surface area (TPSA) is 94.3 Å². The number of hydrogen-bond acceptors (Lipinski definition) is 6. The molecule has 29 heavy (non-hydrogen) atoms. The molecule has 3 rings (SSSR count). The Bertz CT molecular complexity index is 984. The number of esters is 1. The number of aromatic nitrogens is 2. The van der Waals surface area contributed by atoms with Crippen molar-refractivity contribution in [3.63, 3.8) is 0 Å². The second-order valence-corrected chi connectivity index (χ2v) is 6.89. The lowest BCUT2D eigenvalue weighted by atomic mass is 10.1. The fraction of sp³-hybridized carbons (Fsp3) is 0.238. The molecule has 1 N–H and O–H groups in total. The van der Waals surface area contributed by atoms with E-state index in [4.69, 9.17) is 20.8 Å². The molecule has 0 fully saturated rings. The maximum Gasteiger partial charge on any atom is 0.308 e. The van der Waals surface area contributed by atoms with Gasteiger partial charge in [0.1, 0.15) is 0 Å². The molecule has 0 aliphatic heterocycles. The summed E-state index contributed by atoms with van der Waals surface area (Å²) in [6.45, 7) is 3.78. The van der Waals surface area contributed by atoms with Gasteiger partial charge in [0, 0.05) is 22.7 Å². The van der Waals surface area contributed by atoms with Gasteiger partial charge in [0.15, 0.2) is 6.10 Å². The van der Waals surface area contributed by atoms with Gasteiger partial charge in [-0.3, -0.25) is 9.59 Å². The molecule has 0 aliphatic rings. The van der Waals surface area contributed by atoms with Crippen LogP contribution in [0.1, 0.15) is 41.3 Å². The molecule has 2 aromatic carbocycles. The smallest absolute Gasteiger partial charge is 0.308 e. The van der Waals surface area contributed by atoms with Crippen LogP contribution in [0.4, 0.5) is 0 Å². The number of hydrogen-bond donors (Lipinski definition) is 1. The normalized spacial score (nSPS) is 11.7. The minimum atomic E-state index is -0.693. The Hall–Kier alpha value is -3.19. The number of carbonyl (C=O) groups is 2. The van der Waals surface area contributed by atoms with Gasteiger partial charge in [-0.25, -0.2) is 0 Å². The van der Waals surface area contributed by atoms with Gasteiger partial charge in [0.2, 0.25) is 5.89 Å². The molecule has 0 radical (unpaired) electrons. The molecule has 7 nitrogen and oxygen atoms in total. The maximum atomic E-state index is 12.0. The molecule has 0 saturated carbocycles. The Morgan fingerprint density at radius 2 is 1.79 bits per heavy atom. The number of halogens is 1. The highest BCUT2D eigenvalue weighted by molar-refractivity contribution is 6.30. The molecule has 0 saturated heterocycles. The molecule has 0 bridgehead atoms. The highest BCUT2D eigenvalue weighted by atomic mass is 35.5. The molecule has 3 aromatic rings. The number of aryl methyl sites for hydroxylation is 1. The van der Waals surface area contributed by atoms with Crippen LogP contribution in [0.3, 0.4) is 0 Å². The molecule has 0 unspecified atom stereocenters. The molecule has 150 valence electrons. The predicted molar refractivity (Wildman–Crippen MR) is 107 cm³/mol. The Balaban J connectivity index is 1.47. The second kappa shape index (κ2) is 9.34. The first-order valence-electron chi connectivity index (χ1n) is 9.06. The quantitative estimate of drug-likeness (QED) is 0.585. The molecular formula is C21H20ClN3O4. The highest BCUT2D eigenvalue weighted by Gasteiger charge is 2.19. The zero-order valence-corrected chi connectivity index (χ0v) is 16.8. The first-order chi connectivity index (χ1) is 13.9. The SMILES string of the molecule is Cc1ccc(-c2nnc([C@@H](C)OC(=O)CCNC(=O)c3ccc(Cl)cc3)o2)cc1. The molecule has 1 atom stereocenters. The fourth-order valence-electron chi connectivity index (χ4n) is 2.50. The van der Waals surface area contributed by atoms with Crippen LogP contribution in [0.2, 0.25) is 5.02 Å². The van der Waals surface area contributed by atoms with Gasteiger partial charge in [-0.15, -0.1) is 10.2 Å². The van der Waals surface area contributed by atoms with Crippen molar-refractivity contribution in [2.24, 2.45) is 0 Å². The monoisotopic (exact) mass is 413 g/mol. The van der Waals surface area contributed by atoms with Crippen molar-refractivity contribution in [1.29, 1.82) is 0 Å². The zero-order valence-electron chi connectivity index (χ0n) is 16.0. The Morgan fingerprint density at radius 1 is 1.10 bits per heavy atom. The van der Waals surface area contributed by atoms with Crippen LogP contribution in [-0.2, 0) is 9.53 Å². The van der Waals surface area contributed by atoms with Crippen LogP contribution >= 0.6 is 11.6 Å². The number of nitrogens with zero attached hydrogens (tertiary/aromatic N) is 2. The first kappa shape index (κ1) is 20.5. The second-order valence-electron chi connectivity index (χ2n) is 6.46. The molecule has 1 aromatic heterocycles. The summed E-state index contributed by atoms with van der Waals surface area (Å²) in [6, 6.07) is 14.1. The average Bonchev–Trinajstić information content (AvgIpc) is 3.19. The third kappa shape index (κ3) is 5.65. The molecule has 1 amide bonds. The average molecular weight is 414 g/mol. The summed E-state index contributed by atoms with van der Waals surface area (Å²) in [5.41, 5.74) is 2.38. The lowest BCUT2D eigenvalue weighted by Crippen LogP contribution is -2.26. The van der Waals surface area contributed by atoms with E-state index >= 15 is 0 Å². The van der Waals surface area contributed by atoms with Crippen molar-refractivity contribution in [3.05, 3.63) is 70.6 Å². The zero-order chi connectivity index (χ0) is 20.8. The molecular weight excluding hydrogens is 394 g/mol. The van der Waals surface area contributed by atoms with Crippen LogP contribution in [0.5, 0.6) is 0 Å². The van der Waals surface area contributed by atoms with E-state index in [1.165, 1.54) is 0 Å². The maximum absolute atomic E-state index is 12.0. The number of nitrogens with one attached hydrogen (secondary N) is 1. The van der Waals surface area contributed by atoms with Gasteiger partial charge < -0.3 is 14.5 Å². The molecule has 0 aliphatic carbocycles. The van der Waals surface area contributed by atoms with Gasteiger partial charge >= 0.3 is 5.97 Å². The summed E-state index contributed by atoms with van der Waals surface area (Å²) in [5, 5.41) is 11.1. The van der Waals surface area contributed by atoms with Crippen molar-refractivity contribution in [1.82, 2.24) is 15.5 Å². The number of amides is 1. The van der Waals surface area contributed by atoms with Gasteiger partial charge in [0.25, 0.3) is 11.8 Å². The molecule has 0 spiro atoms. The number of benzene rings is 2. The van der Waals surface area contributed by atoms with E-state index in [0.717, 1.165) is 11.1 Å². The van der Waals surface area contributed by atoms with Crippen LogP contribution in [0, 0.1) is 6.92 Å². The van der Waals surface area contributed by atoms with Crippen LogP contribution in [0.25, 0.3) is 11.5 Å². The van der Waals surface area contributed by atoms with E-state index in [1.807, 2.05) is 31.2 Å². The van der Waals surface area contributed by atoms with Crippen molar-refractivity contribution in [2.45, 2.75) is 26.4 Å². The summed E-state index contributed by atoms with van der Waals surface area (Å²) in [5.74, 6) is -0.205. The van der Waals surface area contributed by atoms with E-state index in [0.29, 0.717) is 16.5 Å². The number of carbonyl (C=O) groups excluding carboxylic acids is 2. The number of ether oxygens (including phenoxy) is 1. The van der Waals surface area contributed by atoms with Gasteiger partial charge in [0.05, 0.1) is 6.42 Å². The summed E-state index contributed by atoms with van der Waals surface area (Å²) in [6.07, 6.45) is -0.677. The van der Waals surface area contributed by atoms with E-state index in [1.54, 1.807) is 31.2 Å². The van der Waals surface area contributed by atoms with E-state index < -0.39 is 12.1 Å². The minimum absolute atomic E-state index is 0.0165. The fourth-order valence-corrected chi connectivity index (χ4v) is 2.63. The van der Waals surface area contributed by atoms with Crippen molar-refractivity contribution in [3.8, 4) is 11.5 Å². The third-order valence-electron chi connectivity index (χ3n) is 4.12. The molecule has 1 heterocycles. The number of rotatable bonds is 7. The summed E-state index contributed by atoms with van der Waals surface area (Å²) >= 11 is 5.79. The largest absolute Gasteiger partial charge is 0.453 e. The Kier molecular flexibility index (Phi) is 6.61. The van der Waals surface area contributed by atoms with Gasteiger partial charge in [-0.05, 0) is 50.2 Å². The third-order valence-corrected chi connectivity index (χ3v) is 4.37. The predicted octanol–water partition coefficient (Wildman–Crippen LogP) is 4.12. The van der Waals surface area contributed by atoms with Gasteiger partial charge in [-0.2, -0.15) is 0 Å². The van der Waals surface area contributed by atoms with Crippen LogP contribution in [-0.4, -0.2) is 28.6 Å². The van der Waals surface area contributed by atoms with E-state index in [-0.39, 0.29) is 24.8 Å². The van der Waals surface area contributed by atoms with Crippen molar-refractivity contribution in [2.75, 3.05) is 6.54 Å². The lowest BCUT2D eigenvalue weighted by molar-refractivity contribution is -0.149. The minimum Gasteiger partial charge on any atom is -0.453 e. The lowest BCUT2D eigenvalue weighted by Gasteiger charge is -2.10. The van der Waals surface area contributed by atoms with E-state index in [2.05, 4.69) is 15.5 Å². The molecule has 8 heteroatoms. The van der Waals surface area contributed by atoms with Crippen molar-refractivity contribution >= 4 is 23.5 Å². The van der Waals surface area contributed by atoms with Crippen molar-refractivity contribution < 1.29 is 18.7 Å². The van der Waals surface area contributed by atoms with Crippen LogP contribution in [0.15, 0.2) is 52.9 Å². The van der Waals surface area contributed by atoms with Gasteiger partial charge in [-0.1, -0.05) is 29.3 Å². The summed E-state index contributed by atoms with van der Waals surface area (Å²) in [4.78, 5) is 24.0. The van der Waals surface area contributed by atoms with E-state index in [9.17, 15) is 9.59 Å². The standard InChI is InChI=1S/C21H20ClN3O4/c1-13-3-5-16(6-4-13)21-25-24-20(29-21)14(2)28-18(26)11-12-23-19(27)15-7-9-17(22)10-8-15/h3-10,14H,11-12H2,1-2H3,(H,23,27)/t14-/m1/s1. The Labute approximate surface area is 173 Å². The Morgan fingerprint density at radius 3 is 2.48 bits per heavy atom. The van der Waals surface area contributed by atoms with Crippen LogP contribution < -0.4 is 5.32 Å².